The van der Waals surface area contributed by atoms with Crippen molar-refractivity contribution in [2.75, 3.05) is 45.2 Å². The highest BCUT2D eigenvalue weighted by Gasteiger charge is 2.19. The van der Waals surface area contributed by atoms with Crippen LogP contribution >= 0.6 is 11.6 Å². The number of carbonyl (C=O) groups is 1. The number of piperazine rings is 1. The van der Waals surface area contributed by atoms with E-state index in [0.29, 0.717) is 12.3 Å². The quantitative estimate of drug-likeness (QED) is 0.821. The SMILES string of the molecule is COc1cccc(NC(=O)CN2CCN(Cc3ccc(F)c(Cl)c3)CC2)c1. The van der Waals surface area contributed by atoms with Gasteiger partial charge in [0.25, 0.3) is 0 Å². The Labute approximate surface area is 163 Å². The molecule has 0 bridgehead atoms. The lowest BCUT2D eigenvalue weighted by atomic mass is 10.2. The van der Waals surface area contributed by atoms with E-state index in [1.807, 2.05) is 18.2 Å². The lowest BCUT2D eigenvalue weighted by Gasteiger charge is -2.34. The monoisotopic (exact) mass is 391 g/mol. The van der Waals surface area contributed by atoms with Gasteiger partial charge in [-0.25, -0.2) is 4.39 Å². The van der Waals surface area contributed by atoms with Gasteiger partial charge in [0.2, 0.25) is 5.91 Å². The maximum absolute atomic E-state index is 13.3. The van der Waals surface area contributed by atoms with E-state index in [4.69, 9.17) is 16.3 Å². The number of hydrogen-bond acceptors (Lipinski definition) is 4. The van der Waals surface area contributed by atoms with Crippen LogP contribution < -0.4 is 10.1 Å². The summed E-state index contributed by atoms with van der Waals surface area (Å²) in [7, 11) is 1.60. The second-order valence-electron chi connectivity index (χ2n) is 6.58. The van der Waals surface area contributed by atoms with Gasteiger partial charge in [0.05, 0.1) is 18.7 Å². The van der Waals surface area contributed by atoms with Crippen LogP contribution in [-0.2, 0) is 11.3 Å². The maximum Gasteiger partial charge on any atom is 0.238 e. The molecule has 2 aromatic rings. The molecule has 1 aliphatic rings. The molecule has 0 spiro atoms. The number of nitrogens with zero attached hydrogens (tertiary/aromatic N) is 2. The molecule has 2 aromatic carbocycles. The highest BCUT2D eigenvalue weighted by atomic mass is 35.5. The van der Waals surface area contributed by atoms with E-state index in [-0.39, 0.29) is 10.9 Å². The van der Waals surface area contributed by atoms with Crippen LogP contribution in [0.25, 0.3) is 0 Å². The van der Waals surface area contributed by atoms with Crippen LogP contribution in [0.3, 0.4) is 0 Å². The van der Waals surface area contributed by atoms with Crippen molar-refractivity contribution in [3.8, 4) is 5.75 Å². The maximum atomic E-state index is 13.3. The second kappa shape index (κ2) is 9.17. The molecule has 0 aromatic heterocycles. The average molecular weight is 392 g/mol. The number of amides is 1. The number of methoxy groups -OCH3 is 1. The van der Waals surface area contributed by atoms with Crippen molar-refractivity contribution in [1.82, 2.24) is 9.80 Å². The highest BCUT2D eigenvalue weighted by Crippen LogP contribution is 2.18. The van der Waals surface area contributed by atoms with Crippen molar-refractivity contribution in [2.45, 2.75) is 6.54 Å². The van der Waals surface area contributed by atoms with Gasteiger partial charge in [-0.15, -0.1) is 0 Å². The molecule has 0 radical (unpaired) electrons. The van der Waals surface area contributed by atoms with E-state index in [0.717, 1.165) is 44.0 Å². The van der Waals surface area contributed by atoms with Crippen molar-refractivity contribution in [3.63, 3.8) is 0 Å². The summed E-state index contributed by atoms with van der Waals surface area (Å²) in [5, 5.41) is 3.06. The predicted octanol–water partition coefficient (Wildman–Crippen LogP) is 3.24. The molecule has 0 unspecified atom stereocenters. The summed E-state index contributed by atoms with van der Waals surface area (Å²) in [5.41, 5.74) is 1.72. The van der Waals surface area contributed by atoms with Gasteiger partial charge in [0.15, 0.2) is 0 Å². The molecule has 1 saturated heterocycles. The molecule has 5 nitrogen and oxygen atoms in total. The summed E-state index contributed by atoms with van der Waals surface area (Å²) in [6.07, 6.45) is 0. The molecule has 27 heavy (non-hydrogen) atoms. The Hall–Kier alpha value is -2.15. The molecule has 144 valence electrons. The number of carbonyl (C=O) groups excluding carboxylic acids is 1. The van der Waals surface area contributed by atoms with Gasteiger partial charge < -0.3 is 10.1 Å². The third kappa shape index (κ3) is 5.66. The van der Waals surface area contributed by atoms with E-state index < -0.39 is 5.82 Å². The zero-order chi connectivity index (χ0) is 19.2. The van der Waals surface area contributed by atoms with E-state index in [1.165, 1.54) is 6.07 Å². The van der Waals surface area contributed by atoms with Crippen molar-refractivity contribution in [2.24, 2.45) is 0 Å². The number of rotatable bonds is 6. The van der Waals surface area contributed by atoms with Crippen molar-refractivity contribution in [1.29, 1.82) is 0 Å². The molecule has 1 N–H and O–H groups in total. The van der Waals surface area contributed by atoms with Crippen LogP contribution in [0.2, 0.25) is 5.02 Å². The molecule has 7 heteroatoms. The minimum absolute atomic E-state index is 0.0398. The average Bonchev–Trinajstić information content (AvgIpc) is 2.66. The summed E-state index contributed by atoms with van der Waals surface area (Å²) in [5.74, 6) is 0.275. The molecule has 1 aliphatic heterocycles. The predicted molar refractivity (Wildman–Crippen MR) is 105 cm³/mol. The van der Waals surface area contributed by atoms with Crippen molar-refractivity contribution >= 4 is 23.2 Å². The van der Waals surface area contributed by atoms with Gasteiger partial charge >= 0.3 is 0 Å². The van der Waals surface area contributed by atoms with E-state index in [1.54, 1.807) is 25.3 Å². The molecule has 1 amide bonds. The standard InChI is InChI=1S/C20H23ClFN3O2/c1-27-17-4-2-3-16(12-17)23-20(26)14-25-9-7-24(8-10-25)13-15-5-6-19(22)18(21)11-15/h2-6,11-12H,7-10,13-14H2,1H3,(H,23,26). The number of anilines is 1. The van der Waals surface area contributed by atoms with Crippen LogP contribution in [0.5, 0.6) is 5.75 Å². The molecule has 0 saturated carbocycles. The Kier molecular flexibility index (Phi) is 6.66. The lowest BCUT2D eigenvalue weighted by molar-refractivity contribution is -0.117. The van der Waals surface area contributed by atoms with Crippen molar-refractivity contribution < 1.29 is 13.9 Å². The van der Waals surface area contributed by atoms with E-state index in [2.05, 4.69) is 15.1 Å². The summed E-state index contributed by atoms with van der Waals surface area (Å²) in [4.78, 5) is 16.7. The zero-order valence-corrected chi connectivity index (χ0v) is 16.0. The van der Waals surface area contributed by atoms with Gasteiger partial charge in [0.1, 0.15) is 11.6 Å². The Morgan fingerprint density at radius 2 is 1.89 bits per heavy atom. The zero-order valence-electron chi connectivity index (χ0n) is 15.3. The van der Waals surface area contributed by atoms with Crippen LogP contribution in [0.15, 0.2) is 42.5 Å². The summed E-state index contributed by atoms with van der Waals surface area (Å²) in [6.45, 7) is 4.39. The third-order valence-corrected chi connectivity index (χ3v) is 4.87. The first-order chi connectivity index (χ1) is 13.0. The van der Waals surface area contributed by atoms with Gasteiger partial charge in [-0.05, 0) is 29.8 Å². The van der Waals surface area contributed by atoms with Gasteiger partial charge in [-0.3, -0.25) is 14.6 Å². The minimum atomic E-state index is -0.396. The van der Waals surface area contributed by atoms with Gasteiger partial charge in [-0.1, -0.05) is 23.7 Å². The first kappa shape index (κ1) is 19.6. The Bertz CT molecular complexity index is 795. The first-order valence-corrected chi connectivity index (χ1v) is 9.24. The fourth-order valence-electron chi connectivity index (χ4n) is 3.11. The van der Waals surface area contributed by atoms with Crippen LogP contribution in [-0.4, -0.2) is 55.5 Å². The minimum Gasteiger partial charge on any atom is -0.497 e. The number of nitrogens with one attached hydrogen (secondary N) is 1. The number of ether oxygens (including phenoxy) is 1. The van der Waals surface area contributed by atoms with Crippen LogP contribution in [0.4, 0.5) is 10.1 Å². The Balaban J connectivity index is 1.44. The smallest absolute Gasteiger partial charge is 0.238 e. The fourth-order valence-corrected chi connectivity index (χ4v) is 3.31. The Morgan fingerprint density at radius 3 is 2.59 bits per heavy atom. The van der Waals surface area contributed by atoms with Gasteiger partial charge in [0, 0.05) is 44.5 Å². The summed E-state index contributed by atoms with van der Waals surface area (Å²) >= 11 is 5.84. The number of hydrogen-bond donors (Lipinski definition) is 1. The topological polar surface area (TPSA) is 44.8 Å². The number of benzene rings is 2. The molecular formula is C20H23ClFN3O2. The molecule has 3 rings (SSSR count). The third-order valence-electron chi connectivity index (χ3n) is 4.58. The molecule has 1 heterocycles. The van der Waals surface area contributed by atoms with Crippen LogP contribution in [0.1, 0.15) is 5.56 Å². The molecular weight excluding hydrogens is 369 g/mol. The summed E-state index contributed by atoms with van der Waals surface area (Å²) in [6, 6.07) is 12.1. The van der Waals surface area contributed by atoms with E-state index >= 15 is 0 Å². The molecule has 1 fully saturated rings. The second-order valence-corrected chi connectivity index (χ2v) is 6.99. The van der Waals surface area contributed by atoms with E-state index in [9.17, 15) is 9.18 Å². The Morgan fingerprint density at radius 1 is 1.15 bits per heavy atom. The highest BCUT2D eigenvalue weighted by molar-refractivity contribution is 6.30. The summed E-state index contributed by atoms with van der Waals surface area (Å²) < 4.78 is 18.4. The normalized spacial score (nSPS) is 15.5. The lowest BCUT2D eigenvalue weighted by Crippen LogP contribution is -2.48. The fraction of sp³-hybridized carbons (Fsp3) is 0.350. The number of halogens is 2. The molecule has 0 aliphatic carbocycles. The van der Waals surface area contributed by atoms with Gasteiger partial charge in [-0.2, -0.15) is 0 Å². The largest absolute Gasteiger partial charge is 0.497 e. The van der Waals surface area contributed by atoms with Crippen LogP contribution in [0, 0.1) is 5.82 Å². The van der Waals surface area contributed by atoms with Crippen molar-refractivity contribution in [3.05, 3.63) is 58.9 Å². The first-order valence-electron chi connectivity index (χ1n) is 8.86. The molecule has 0 atom stereocenters.